The maximum atomic E-state index is 3.52. The van der Waals surface area contributed by atoms with E-state index in [1.54, 1.807) is 0 Å². The molecule has 0 heterocycles. The quantitative estimate of drug-likeness (QED) is 0.0886. The molecule has 0 aliphatic carbocycles. The molecule has 0 radical (unpaired) electrons. The van der Waals surface area contributed by atoms with Crippen molar-refractivity contribution in [3.05, 3.63) is 12.2 Å². The molecule has 0 aromatic carbocycles. The van der Waals surface area contributed by atoms with Crippen LogP contribution in [0.4, 0.5) is 0 Å². The highest BCUT2D eigenvalue weighted by molar-refractivity contribution is 9.09. The maximum absolute atomic E-state index is 3.52. The van der Waals surface area contributed by atoms with Crippen molar-refractivity contribution in [2.24, 2.45) is 5.92 Å². The third-order valence-electron chi connectivity index (χ3n) is 5.77. The van der Waals surface area contributed by atoms with Crippen LogP contribution in [-0.4, -0.2) is 5.33 Å². The summed E-state index contributed by atoms with van der Waals surface area (Å²) in [5.41, 5.74) is 0. The Kier molecular flexibility index (Phi) is 24.5. The average molecular weight is 444 g/mol. The third-order valence-corrected chi connectivity index (χ3v) is 6.33. The van der Waals surface area contributed by atoms with E-state index in [1.165, 1.54) is 134 Å². The fraction of sp³-hybridized carbons (Fsp3) is 0.923. The maximum Gasteiger partial charge on any atom is 0.00313 e. The van der Waals surface area contributed by atoms with Crippen molar-refractivity contribution in [2.75, 3.05) is 5.33 Å². The third kappa shape index (κ3) is 22.4. The van der Waals surface area contributed by atoms with Crippen molar-refractivity contribution in [3.63, 3.8) is 0 Å². The predicted molar refractivity (Wildman–Crippen MR) is 130 cm³/mol. The van der Waals surface area contributed by atoms with Gasteiger partial charge in [-0.3, -0.25) is 0 Å². The minimum absolute atomic E-state index is 0.857. The molecule has 27 heavy (non-hydrogen) atoms. The number of allylic oxidation sites excluding steroid dienone is 2. The van der Waals surface area contributed by atoms with Gasteiger partial charge in [0, 0.05) is 5.33 Å². The second-order valence-corrected chi connectivity index (χ2v) is 9.34. The monoisotopic (exact) mass is 442 g/mol. The van der Waals surface area contributed by atoms with Gasteiger partial charge in [0.05, 0.1) is 0 Å². The first-order chi connectivity index (χ1) is 13.3. The molecule has 0 amide bonds. The van der Waals surface area contributed by atoms with Crippen molar-refractivity contribution in [2.45, 2.75) is 142 Å². The highest BCUT2D eigenvalue weighted by Gasteiger charge is 2.05. The van der Waals surface area contributed by atoms with Crippen LogP contribution in [0.3, 0.4) is 0 Å². The van der Waals surface area contributed by atoms with Crippen molar-refractivity contribution < 1.29 is 0 Å². The highest BCUT2D eigenvalue weighted by atomic mass is 79.9. The van der Waals surface area contributed by atoms with E-state index in [0.29, 0.717) is 0 Å². The molecular formula is C26H51Br. The van der Waals surface area contributed by atoms with Crippen LogP contribution in [0.5, 0.6) is 0 Å². The van der Waals surface area contributed by atoms with Crippen molar-refractivity contribution >= 4 is 15.9 Å². The Morgan fingerprint density at radius 1 is 0.556 bits per heavy atom. The highest BCUT2D eigenvalue weighted by Crippen LogP contribution is 2.21. The summed E-state index contributed by atoms with van der Waals surface area (Å²) in [7, 11) is 0. The van der Waals surface area contributed by atoms with Crippen LogP contribution in [0.2, 0.25) is 0 Å². The fourth-order valence-corrected chi connectivity index (χ4v) is 4.28. The number of alkyl halides is 1. The standard InChI is InChI=1S/C26H51Br/c1-3-5-7-9-14-18-22-26(23-19-15-10-8-6-4-2)24-20-16-12-11-13-17-21-25-27/h20,24,26H,3-19,21-23,25H2,1-2H3/b24-20+. The fourth-order valence-electron chi connectivity index (χ4n) is 3.89. The van der Waals surface area contributed by atoms with E-state index in [-0.39, 0.29) is 0 Å². The van der Waals surface area contributed by atoms with Gasteiger partial charge in [-0.15, -0.1) is 0 Å². The first-order valence-corrected chi connectivity index (χ1v) is 13.7. The SMILES string of the molecule is CCCCCCCCC(/C=C/CCCCCCCBr)CCCCCCCC. The van der Waals surface area contributed by atoms with Crippen LogP contribution in [-0.2, 0) is 0 Å². The number of hydrogen-bond acceptors (Lipinski definition) is 0. The first-order valence-electron chi connectivity index (χ1n) is 12.6. The van der Waals surface area contributed by atoms with Crippen LogP contribution < -0.4 is 0 Å². The first kappa shape index (κ1) is 27.2. The zero-order chi connectivity index (χ0) is 19.8. The molecule has 0 saturated heterocycles. The Bertz CT molecular complexity index is 268. The summed E-state index contributed by atoms with van der Waals surface area (Å²) in [4.78, 5) is 0. The summed E-state index contributed by atoms with van der Waals surface area (Å²) < 4.78 is 0. The summed E-state index contributed by atoms with van der Waals surface area (Å²) in [5, 5.41) is 1.17. The molecular weight excluding hydrogens is 392 g/mol. The Balaban J connectivity index is 3.90. The zero-order valence-corrected chi connectivity index (χ0v) is 20.5. The van der Waals surface area contributed by atoms with Gasteiger partial charge in [-0.25, -0.2) is 0 Å². The molecule has 0 aliphatic rings. The molecule has 0 fully saturated rings. The molecule has 0 aromatic heterocycles. The summed E-state index contributed by atoms with van der Waals surface area (Å²) >= 11 is 3.52. The lowest BCUT2D eigenvalue weighted by Gasteiger charge is -2.13. The van der Waals surface area contributed by atoms with Crippen molar-refractivity contribution in [3.8, 4) is 0 Å². The summed E-state index contributed by atoms with van der Waals surface area (Å²) in [5.74, 6) is 0.857. The largest absolute Gasteiger partial charge is 0.0928 e. The van der Waals surface area contributed by atoms with Gasteiger partial charge in [0.1, 0.15) is 0 Å². The van der Waals surface area contributed by atoms with Gasteiger partial charge < -0.3 is 0 Å². The second-order valence-electron chi connectivity index (χ2n) is 8.55. The average Bonchev–Trinajstić information content (AvgIpc) is 2.68. The molecule has 0 unspecified atom stereocenters. The molecule has 0 aromatic rings. The Morgan fingerprint density at radius 3 is 1.52 bits per heavy atom. The van der Waals surface area contributed by atoms with Crippen LogP contribution in [0.1, 0.15) is 142 Å². The van der Waals surface area contributed by atoms with Gasteiger partial charge in [0.15, 0.2) is 0 Å². The number of rotatable bonds is 22. The van der Waals surface area contributed by atoms with E-state index < -0.39 is 0 Å². The van der Waals surface area contributed by atoms with E-state index >= 15 is 0 Å². The molecule has 0 nitrogen and oxygen atoms in total. The lowest BCUT2D eigenvalue weighted by molar-refractivity contribution is 0.464. The van der Waals surface area contributed by atoms with Crippen molar-refractivity contribution in [1.29, 1.82) is 0 Å². The van der Waals surface area contributed by atoms with Gasteiger partial charge in [-0.2, -0.15) is 0 Å². The molecule has 0 atom stereocenters. The van der Waals surface area contributed by atoms with Gasteiger partial charge in [0.25, 0.3) is 0 Å². The molecule has 0 aliphatic heterocycles. The topological polar surface area (TPSA) is 0 Å². The minimum atomic E-state index is 0.857. The van der Waals surface area contributed by atoms with Crippen LogP contribution in [0.25, 0.3) is 0 Å². The smallest absolute Gasteiger partial charge is 0.00313 e. The Hall–Kier alpha value is 0.220. The summed E-state index contributed by atoms with van der Waals surface area (Å²) in [6.45, 7) is 4.62. The molecule has 162 valence electrons. The van der Waals surface area contributed by atoms with Gasteiger partial charge in [0.2, 0.25) is 0 Å². The predicted octanol–water partition coefficient (Wildman–Crippen LogP) is 10.4. The van der Waals surface area contributed by atoms with Crippen molar-refractivity contribution in [1.82, 2.24) is 0 Å². The zero-order valence-electron chi connectivity index (χ0n) is 19.0. The number of unbranched alkanes of at least 4 members (excludes halogenated alkanes) is 15. The van der Waals surface area contributed by atoms with Crippen LogP contribution in [0.15, 0.2) is 12.2 Å². The van der Waals surface area contributed by atoms with Gasteiger partial charge >= 0.3 is 0 Å². The van der Waals surface area contributed by atoms with Gasteiger partial charge in [-0.05, 0) is 38.0 Å². The molecule has 0 saturated carbocycles. The lowest BCUT2D eigenvalue weighted by atomic mass is 9.93. The summed E-state index contributed by atoms with van der Waals surface area (Å²) in [6, 6.07) is 0. The van der Waals surface area contributed by atoms with E-state index in [4.69, 9.17) is 0 Å². The molecule has 0 bridgehead atoms. The van der Waals surface area contributed by atoms with Crippen LogP contribution >= 0.6 is 15.9 Å². The molecule has 0 spiro atoms. The minimum Gasteiger partial charge on any atom is -0.0928 e. The van der Waals surface area contributed by atoms with E-state index in [1.807, 2.05) is 0 Å². The Labute approximate surface area is 181 Å². The molecule has 0 rings (SSSR count). The second kappa shape index (κ2) is 24.3. The normalized spacial score (nSPS) is 11.9. The van der Waals surface area contributed by atoms with Gasteiger partial charge in [-0.1, -0.05) is 138 Å². The number of hydrogen-bond donors (Lipinski definition) is 0. The van der Waals surface area contributed by atoms with Crippen LogP contribution in [0, 0.1) is 5.92 Å². The molecule has 1 heteroatoms. The Morgan fingerprint density at radius 2 is 1.00 bits per heavy atom. The number of halogens is 1. The molecule has 0 N–H and O–H groups in total. The van der Waals surface area contributed by atoms with E-state index in [2.05, 4.69) is 41.9 Å². The lowest BCUT2D eigenvalue weighted by Crippen LogP contribution is -1.97. The summed E-state index contributed by atoms with van der Waals surface area (Å²) in [6.07, 6.45) is 33.4. The van der Waals surface area contributed by atoms with E-state index in [0.717, 1.165) is 5.92 Å². The van der Waals surface area contributed by atoms with E-state index in [9.17, 15) is 0 Å².